The number of benzene rings is 2. The topological polar surface area (TPSA) is 20.3 Å². The molecule has 21 heavy (non-hydrogen) atoms. The van der Waals surface area contributed by atoms with E-state index >= 15 is 0 Å². The van der Waals surface area contributed by atoms with Crippen LogP contribution in [0.5, 0.6) is 0 Å². The first-order chi connectivity index (χ1) is 10.2. The van der Waals surface area contributed by atoms with E-state index in [1.807, 2.05) is 49.5 Å². The molecule has 1 amide bonds. The molecule has 106 valence electrons. The maximum absolute atomic E-state index is 12.6. The van der Waals surface area contributed by atoms with Crippen molar-refractivity contribution in [3.63, 3.8) is 0 Å². The molecule has 0 radical (unpaired) electrons. The van der Waals surface area contributed by atoms with Crippen molar-refractivity contribution in [3.8, 4) is 0 Å². The summed E-state index contributed by atoms with van der Waals surface area (Å²) in [6, 6.07) is 18.4. The molecule has 0 fully saturated rings. The van der Waals surface area contributed by atoms with Crippen LogP contribution in [-0.4, -0.2) is 17.9 Å². The molecule has 2 nitrogen and oxygen atoms in total. The van der Waals surface area contributed by atoms with Crippen LogP contribution in [-0.2, 0) is 17.8 Å². The lowest BCUT2D eigenvalue weighted by Crippen LogP contribution is -2.28. The van der Waals surface area contributed by atoms with Gasteiger partial charge >= 0.3 is 0 Å². The summed E-state index contributed by atoms with van der Waals surface area (Å²) in [6.45, 7) is 0.651. The van der Waals surface area contributed by atoms with Crippen LogP contribution in [0.25, 0.3) is 6.08 Å². The Bertz CT molecular complexity index is 673. The predicted octanol–water partition coefficient (Wildman–Crippen LogP) is 3.67. The van der Waals surface area contributed by atoms with Crippen molar-refractivity contribution in [2.24, 2.45) is 0 Å². The second-order valence-electron chi connectivity index (χ2n) is 5.52. The fraction of sp³-hybridized carbons (Fsp3) is 0.211. The fourth-order valence-electron chi connectivity index (χ4n) is 2.77. The number of likely N-dealkylation sites (N-methyl/N-ethyl adjacent to an activating group) is 1. The summed E-state index contributed by atoms with van der Waals surface area (Å²) in [6.07, 6.45) is 3.82. The Labute approximate surface area is 125 Å². The highest BCUT2D eigenvalue weighted by Crippen LogP contribution is 2.25. The molecule has 0 heterocycles. The fourth-order valence-corrected chi connectivity index (χ4v) is 2.77. The largest absolute Gasteiger partial charge is 0.338 e. The Morgan fingerprint density at radius 3 is 2.52 bits per heavy atom. The van der Waals surface area contributed by atoms with Gasteiger partial charge in [0, 0.05) is 19.2 Å². The molecule has 0 unspecified atom stereocenters. The van der Waals surface area contributed by atoms with Crippen LogP contribution >= 0.6 is 0 Å². The van der Waals surface area contributed by atoms with Gasteiger partial charge in [0.25, 0.3) is 0 Å². The first kappa shape index (κ1) is 13.6. The van der Waals surface area contributed by atoms with Crippen molar-refractivity contribution < 1.29 is 4.79 Å². The van der Waals surface area contributed by atoms with Gasteiger partial charge in [0.1, 0.15) is 0 Å². The molecule has 2 heteroatoms. The van der Waals surface area contributed by atoms with Crippen LogP contribution in [0, 0.1) is 0 Å². The summed E-state index contributed by atoms with van der Waals surface area (Å²) in [7, 11) is 1.87. The van der Waals surface area contributed by atoms with E-state index in [0.717, 1.165) is 24.0 Å². The predicted molar refractivity (Wildman–Crippen MR) is 85.7 cm³/mol. The minimum atomic E-state index is 0.133. The highest BCUT2D eigenvalue weighted by molar-refractivity contribution is 5.98. The third-order valence-corrected chi connectivity index (χ3v) is 3.93. The van der Waals surface area contributed by atoms with E-state index in [1.54, 1.807) is 4.90 Å². The standard InChI is InChI=1S/C19H19NO/c1-20(14-15-7-3-2-4-8-15)19(21)18-12-11-16-9-5-6-10-17(16)13-18/h2-10,13H,11-12,14H2,1H3. The normalized spacial score (nSPS) is 13.3. The molecule has 0 N–H and O–H groups in total. The molecule has 1 aliphatic rings. The van der Waals surface area contributed by atoms with Gasteiger partial charge < -0.3 is 4.90 Å². The molecule has 2 aromatic rings. The molecule has 0 atom stereocenters. The number of hydrogen-bond acceptors (Lipinski definition) is 1. The van der Waals surface area contributed by atoms with Gasteiger partial charge in [-0.2, -0.15) is 0 Å². The van der Waals surface area contributed by atoms with Crippen molar-refractivity contribution in [3.05, 3.63) is 76.9 Å². The molecule has 0 aromatic heterocycles. The van der Waals surface area contributed by atoms with Gasteiger partial charge in [0.2, 0.25) is 5.91 Å². The van der Waals surface area contributed by atoms with Gasteiger partial charge in [-0.3, -0.25) is 4.79 Å². The Balaban J connectivity index is 1.75. The summed E-state index contributed by atoms with van der Waals surface area (Å²) in [5, 5.41) is 0. The van der Waals surface area contributed by atoms with Crippen molar-refractivity contribution >= 4 is 12.0 Å². The number of aryl methyl sites for hydroxylation is 1. The third kappa shape index (κ3) is 3.05. The lowest BCUT2D eigenvalue weighted by molar-refractivity contribution is -0.126. The number of fused-ring (bicyclic) bond motifs is 1. The first-order valence-electron chi connectivity index (χ1n) is 7.32. The summed E-state index contributed by atoms with van der Waals surface area (Å²) in [4.78, 5) is 14.4. The van der Waals surface area contributed by atoms with E-state index in [9.17, 15) is 4.79 Å². The first-order valence-corrected chi connectivity index (χ1v) is 7.32. The van der Waals surface area contributed by atoms with E-state index in [0.29, 0.717) is 6.54 Å². The number of nitrogens with zero attached hydrogens (tertiary/aromatic N) is 1. The minimum absolute atomic E-state index is 0.133. The van der Waals surface area contributed by atoms with E-state index in [1.165, 1.54) is 11.1 Å². The SMILES string of the molecule is CN(Cc1ccccc1)C(=O)C1=Cc2ccccc2CC1. The molecule has 0 saturated heterocycles. The molecule has 3 rings (SSSR count). The number of carbonyl (C=O) groups excluding carboxylic acids is 1. The van der Waals surface area contributed by atoms with Gasteiger partial charge in [0.05, 0.1) is 0 Å². The van der Waals surface area contributed by atoms with Crippen LogP contribution in [0.15, 0.2) is 60.2 Å². The van der Waals surface area contributed by atoms with Gasteiger partial charge in [0.15, 0.2) is 0 Å². The average molecular weight is 277 g/mol. The Hall–Kier alpha value is -2.35. The molecule has 0 aliphatic heterocycles. The third-order valence-electron chi connectivity index (χ3n) is 3.93. The quantitative estimate of drug-likeness (QED) is 0.838. The second-order valence-corrected chi connectivity index (χ2v) is 5.52. The Kier molecular flexibility index (Phi) is 3.87. The summed E-state index contributed by atoms with van der Waals surface area (Å²) >= 11 is 0. The van der Waals surface area contributed by atoms with Gasteiger partial charge in [-0.25, -0.2) is 0 Å². The van der Waals surface area contributed by atoms with Gasteiger partial charge in [-0.05, 0) is 35.6 Å². The number of amides is 1. The number of carbonyl (C=O) groups is 1. The van der Waals surface area contributed by atoms with Crippen molar-refractivity contribution in [1.29, 1.82) is 0 Å². The van der Waals surface area contributed by atoms with E-state index in [2.05, 4.69) is 18.2 Å². The number of hydrogen-bond donors (Lipinski definition) is 0. The zero-order chi connectivity index (χ0) is 14.7. The molecule has 0 saturated carbocycles. The Morgan fingerprint density at radius 1 is 1.00 bits per heavy atom. The van der Waals surface area contributed by atoms with Gasteiger partial charge in [-0.1, -0.05) is 54.6 Å². The number of rotatable bonds is 3. The highest BCUT2D eigenvalue weighted by atomic mass is 16.2. The van der Waals surface area contributed by atoms with Crippen molar-refractivity contribution in [1.82, 2.24) is 4.90 Å². The minimum Gasteiger partial charge on any atom is -0.338 e. The molecule has 1 aliphatic carbocycles. The maximum Gasteiger partial charge on any atom is 0.249 e. The smallest absolute Gasteiger partial charge is 0.249 e. The molecule has 0 spiro atoms. The monoisotopic (exact) mass is 277 g/mol. The highest BCUT2D eigenvalue weighted by Gasteiger charge is 2.18. The lowest BCUT2D eigenvalue weighted by Gasteiger charge is -2.22. The zero-order valence-electron chi connectivity index (χ0n) is 12.3. The van der Waals surface area contributed by atoms with E-state index in [-0.39, 0.29) is 5.91 Å². The summed E-state index contributed by atoms with van der Waals surface area (Å²) in [5.74, 6) is 0.133. The van der Waals surface area contributed by atoms with Crippen molar-refractivity contribution in [2.75, 3.05) is 7.05 Å². The average Bonchev–Trinajstić information content (AvgIpc) is 2.54. The van der Waals surface area contributed by atoms with E-state index in [4.69, 9.17) is 0 Å². The zero-order valence-corrected chi connectivity index (χ0v) is 12.3. The van der Waals surface area contributed by atoms with Gasteiger partial charge in [-0.15, -0.1) is 0 Å². The summed E-state index contributed by atoms with van der Waals surface area (Å²) < 4.78 is 0. The molecule has 2 aromatic carbocycles. The van der Waals surface area contributed by atoms with Crippen LogP contribution in [0.1, 0.15) is 23.1 Å². The lowest BCUT2D eigenvalue weighted by atomic mass is 9.91. The van der Waals surface area contributed by atoms with Crippen LogP contribution in [0.3, 0.4) is 0 Å². The van der Waals surface area contributed by atoms with Crippen LogP contribution < -0.4 is 0 Å². The molecular weight excluding hydrogens is 258 g/mol. The van der Waals surface area contributed by atoms with E-state index < -0.39 is 0 Å². The molecular formula is C19H19NO. The van der Waals surface area contributed by atoms with Crippen LogP contribution in [0.2, 0.25) is 0 Å². The Morgan fingerprint density at radius 2 is 1.71 bits per heavy atom. The maximum atomic E-state index is 12.6. The summed E-state index contributed by atoms with van der Waals surface area (Å²) in [5.41, 5.74) is 4.58. The van der Waals surface area contributed by atoms with Crippen LogP contribution in [0.4, 0.5) is 0 Å². The molecule has 0 bridgehead atoms. The van der Waals surface area contributed by atoms with Crippen molar-refractivity contribution in [2.45, 2.75) is 19.4 Å². The second kappa shape index (κ2) is 5.96.